The number of amides is 1. The van der Waals surface area contributed by atoms with Gasteiger partial charge in [0, 0.05) is 35.7 Å². The Hall–Kier alpha value is -3.67. The van der Waals surface area contributed by atoms with E-state index < -0.39 is 0 Å². The van der Waals surface area contributed by atoms with Crippen LogP contribution in [0.5, 0.6) is 0 Å². The molecule has 0 aliphatic heterocycles. The van der Waals surface area contributed by atoms with Gasteiger partial charge in [0.1, 0.15) is 5.82 Å². The summed E-state index contributed by atoms with van der Waals surface area (Å²) in [6.45, 7) is 0. The van der Waals surface area contributed by atoms with Gasteiger partial charge >= 0.3 is 0 Å². The van der Waals surface area contributed by atoms with Crippen molar-refractivity contribution in [3.05, 3.63) is 72.4 Å². The number of fused-ring (bicyclic) bond motifs is 1. The van der Waals surface area contributed by atoms with Gasteiger partial charge in [-0.05, 0) is 54.6 Å². The average Bonchev–Trinajstić information content (AvgIpc) is 3.13. The number of benzene rings is 2. The molecule has 3 N–H and O–H groups in total. The molecule has 2 heterocycles. The Morgan fingerprint density at radius 2 is 1.85 bits per heavy atom. The van der Waals surface area contributed by atoms with E-state index >= 15 is 0 Å². The average molecular weight is 343 g/mol. The molecule has 0 saturated carbocycles. The summed E-state index contributed by atoms with van der Waals surface area (Å²) in [6.07, 6.45) is 1.72. The van der Waals surface area contributed by atoms with Gasteiger partial charge in [-0.25, -0.2) is 9.97 Å². The van der Waals surface area contributed by atoms with Gasteiger partial charge in [0.2, 0.25) is 0 Å². The number of H-pyrrole nitrogens is 1. The molecule has 4 rings (SSSR count). The van der Waals surface area contributed by atoms with Crippen molar-refractivity contribution in [2.75, 3.05) is 17.7 Å². The summed E-state index contributed by atoms with van der Waals surface area (Å²) in [6, 6.07) is 18.7. The quantitative estimate of drug-likeness (QED) is 0.524. The molecule has 26 heavy (non-hydrogen) atoms. The van der Waals surface area contributed by atoms with Gasteiger partial charge in [-0.2, -0.15) is 0 Å². The van der Waals surface area contributed by atoms with Crippen LogP contribution in [0.4, 0.5) is 11.4 Å². The fraction of sp³-hybridized carbons (Fsp3) is 0.0500. The van der Waals surface area contributed by atoms with Gasteiger partial charge in [-0.3, -0.25) is 4.79 Å². The Kier molecular flexibility index (Phi) is 4.07. The number of anilines is 2. The summed E-state index contributed by atoms with van der Waals surface area (Å²) in [5.74, 6) is 0.598. The number of aromatic nitrogens is 3. The van der Waals surface area contributed by atoms with Crippen molar-refractivity contribution in [2.24, 2.45) is 0 Å². The number of aromatic amines is 1. The molecule has 6 nitrogen and oxygen atoms in total. The van der Waals surface area contributed by atoms with E-state index in [2.05, 4.69) is 25.6 Å². The number of pyridine rings is 1. The van der Waals surface area contributed by atoms with Crippen molar-refractivity contribution in [1.29, 1.82) is 0 Å². The van der Waals surface area contributed by atoms with E-state index in [0.717, 1.165) is 28.3 Å². The minimum Gasteiger partial charge on any atom is -0.388 e. The lowest BCUT2D eigenvalue weighted by atomic mass is 10.1. The summed E-state index contributed by atoms with van der Waals surface area (Å²) >= 11 is 0. The predicted octanol–water partition coefficient (Wildman–Crippen LogP) is 3.92. The normalized spacial score (nSPS) is 10.7. The van der Waals surface area contributed by atoms with E-state index in [9.17, 15) is 4.79 Å². The van der Waals surface area contributed by atoms with Crippen LogP contribution in [-0.2, 0) is 0 Å². The molecular weight excluding hydrogens is 326 g/mol. The first-order valence-corrected chi connectivity index (χ1v) is 8.23. The van der Waals surface area contributed by atoms with Crippen LogP contribution in [0.25, 0.3) is 22.6 Å². The molecule has 0 fully saturated rings. The lowest BCUT2D eigenvalue weighted by Crippen LogP contribution is -2.12. The summed E-state index contributed by atoms with van der Waals surface area (Å²) in [5, 5.41) is 5.93. The molecule has 6 heteroatoms. The lowest BCUT2D eigenvalue weighted by Gasteiger charge is -2.07. The highest BCUT2D eigenvalue weighted by atomic mass is 16.1. The van der Waals surface area contributed by atoms with Gasteiger partial charge in [0.05, 0.1) is 5.52 Å². The van der Waals surface area contributed by atoms with Crippen LogP contribution in [-0.4, -0.2) is 27.9 Å². The number of carbonyl (C=O) groups is 1. The molecule has 0 aliphatic carbocycles. The van der Waals surface area contributed by atoms with Gasteiger partial charge in [-0.15, -0.1) is 0 Å². The Morgan fingerprint density at radius 3 is 2.62 bits per heavy atom. The van der Waals surface area contributed by atoms with Crippen LogP contribution >= 0.6 is 0 Å². The minimum atomic E-state index is -0.150. The second kappa shape index (κ2) is 6.68. The van der Waals surface area contributed by atoms with Crippen molar-refractivity contribution in [1.82, 2.24) is 15.0 Å². The number of rotatable bonds is 4. The molecule has 128 valence electrons. The zero-order chi connectivity index (χ0) is 17.9. The van der Waals surface area contributed by atoms with Gasteiger partial charge in [0.25, 0.3) is 5.91 Å². The molecule has 0 saturated heterocycles. The van der Waals surface area contributed by atoms with Crippen LogP contribution in [0.1, 0.15) is 10.4 Å². The van der Waals surface area contributed by atoms with Crippen LogP contribution < -0.4 is 10.6 Å². The first-order chi connectivity index (χ1) is 12.7. The Morgan fingerprint density at radius 1 is 1.00 bits per heavy atom. The summed E-state index contributed by atoms with van der Waals surface area (Å²) in [4.78, 5) is 24.3. The fourth-order valence-corrected chi connectivity index (χ4v) is 2.71. The third-order valence-corrected chi connectivity index (χ3v) is 4.09. The summed E-state index contributed by atoms with van der Waals surface area (Å²) in [7, 11) is 1.82. The molecule has 2 aromatic carbocycles. The second-order valence-electron chi connectivity index (χ2n) is 5.82. The van der Waals surface area contributed by atoms with Crippen LogP contribution in [0.3, 0.4) is 0 Å². The van der Waals surface area contributed by atoms with E-state index in [1.807, 2.05) is 61.6 Å². The van der Waals surface area contributed by atoms with Crippen molar-refractivity contribution in [3.8, 4) is 11.4 Å². The van der Waals surface area contributed by atoms with E-state index in [1.165, 1.54) is 0 Å². The summed E-state index contributed by atoms with van der Waals surface area (Å²) < 4.78 is 0. The topological polar surface area (TPSA) is 82.7 Å². The number of imidazole rings is 1. The van der Waals surface area contributed by atoms with E-state index in [1.54, 1.807) is 12.3 Å². The highest BCUT2D eigenvalue weighted by Gasteiger charge is 2.08. The SMILES string of the molecule is CNc1cccc(C(=O)Nc2ccc(-c3nc4ncccc4[nH]3)cc2)c1. The fourth-order valence-electron chi connectivity index (χ4n) is 2.71. The molecule has 0 aliphatic rings. The highest BCUT2D eigenvalue weighted by Crippen LogP contribution is 2.21. The van der Waals surface area contributed by atoms with Gasteiger partial charge < -0.3 is 15.6 Å². The third kappa shape index (κ3) is 3.12. The Bertz CT molecular complexity index is 1040. The maximum Gasteiger partial charge on any atom is 0.255 e. The van der Waals surface area contributed by atoms with Crippen molar-refractivity contribution in [2.45, 2.75) is 0 Å². The number of hydrogen-bond acceptors (Lipinski definition) is 4. The Labute approximate surface area is 150 Å². The predicted molar refractivity (Wildman–Crippen MR) is 103 cm³/mol. The maximum atomic E-state index is 12.4. The smallest absolute Gasteiger partial charge is 0.255 e. The monoisotopic (exact) mass is 343 g/mol. The van der Waals surface area contributed by atoms with Crippen LogP contribution in [0.2, 0.25) is 0 Å². The van der Waals surface area contributed by atoms with E-state index in [-0.39, 0.29) is 5.91 Å². The largest absolute Gasteiger partial charge is 0.388 e. The lowest BCUT2D eigenvalue weighted by molar-refractivity contribution is 0.102. The Balaban J connectivity index is 1.53. The molecular formula is C20H17N5O. The van der Waals surface area contributed by atoms with Crippen molar-refractivity contribution >= 4 is 28.4 Å². The second-order valence-corrected chi connectivity index (χ2v) is 5.82. The maximum absolute atomic E-state index is 12.4. The number of nitrogens with one attached hydrogen (secondary N) is 3. The summed E-state index contributed by atoms with van der Waals surface area (Å²) in [5.41, 5.74) is 4.73. The van der Waals surface area contributed by atoms with E-state index in [0.29, 0.717) is 11.2 Å². The number of carbonyl (C=O) groups excluding carboxylic acids is 1. The zero-order valence-electron chi connectivity index (χ0n) is 14.2. The number of hydrogen-bond donors (Lipinski definition) is 3. The number of nitrogens with zero attached hydrogens (tertiary/aromatic N) is 2. The standard InChI is InChI=1S/C20H17N5O/c1-21-16-5-2-4-14(12-16)20(26)23-15-9-7-13(8-10-15)18-24-17-6-3-11-22-19(17)25-18/h2-12,21H,1H3,(H,23,26)(H,22,24,25). The minimum absolute atomic E-state index is 0.150. The zero-order valence-corrected chi connectivity index (χ0v) is 14.2. The van der Waals surface area contributed by atoms with Crippen LogP contribution in [0, 0.1) is 0 Å². The third-order valence-electron chi connectivity index (χ3n) is 4.09. The van der Waals surface area contributed by atoms with Crippen molar-refractivity contribution < 1.29 is 4.79 Å². The van der Waals surface area contributed by atoms with Crippen LogP contribution in [0.15, 0.2) is 66.9 Å². The van der Waals surface area contributed by atoms with E-state index in [4.69, 9.17) is 0 Å². The molecule has 0 radical (unpaired) electrons. The van der Waals surface area contributed by atoms with Gasteiger partial charge in [-0.1, -0.05) is 6.07 Å². The first-order valence-electron chi connectivity index (χ1n) is 8.23. The molecule has 4 aromatic rings. The molecule has 0 unspecified atom stereocenters. The molecule has 2 aromatic heterocycles. The molecule has 0 bridgehead atoms. The molecule has 0 spiro atoms. The molecule has 0 atom stereocenters. The molecule has 1 amide bonds. The first kappa shape index (κ1) is 15.8. The van der Waals surface area contributed by atoms with Gasteiger partial charge in [0.15, 0.2) is 5.65 Å². The highest BCUT2D eigenvalue weighted by molar-refractivity contribution is 6.04. The van der Waals surface area contributed by atoms with Crippen molar-refractivity contribution in [3.63, 3.8) is 0 Å².